The minimum Gasteiger partial charge on any atom is -0.318 e. The molecule has 0 aliphatic carbocycles. The molecule has 0 bridgehead atoms. The molecular weight excluding hydrogens is 274 g/mol. The highest BCUT2D eigenvalue weighted by atomic mass is 35.5. The Hall–Kier alpha value is -0.350. The first kappa shape index (κ1) is 15.7. The van der Waals surface area contributed by atoms with E-state index in [0.717, 1.165) is 13.1 Å². The molecule has 102 valence electrons. The van der Waals surface area contributed by atoms with E-state index >= 15 is 0 Å². The SMILES string of the molecule is CNCC1CCCN1Cc1cccc(Cl)c1F.Cl. The Bertz CT molecular complexity index is 387. The molecule has 0 amide bonds. The van der Waals surface area contributed by atoms with Gasteiger partial charge in [-0.25, -0.2) is 4.39 Å². The minimum atomic E-state index is -0.274. The molecule has 1 aliphatic heterocycles. The van der Waals surface area contributed by atoms with Gasteiger partial charge in [0.15, 0.2) is 0 Å². The zero-order valence-electron chi connectivity index (χ0n) is 10.5. The van der Waals surface area contributed by atoms with Gasteiger partial charge in [-0.05, 0) is 32.5 Å². The van der Waals surface area contributed by atoms with Crippen molar-refractivity contribution in [2.24, 2.45) is 0 Å². The maximum Gasteiger partial charge on any atom is 0.146 e. The molecule has 2 nitrogen and oxygen atoms in total. The van der Waals surface area contributed by atoms with E-state index in [0.29, 0.717) is 18.2 Å². The van der Waals surface area contributed by atoms with Crippen LogP contribution in [0.3, 0.4) is 0 Å². The van der Waals surface area contributed by atoms with Gasteiger partial charge in [0.2, 0.25) is 0 Å². The van der Waals surface area contributed by atoms with Crippen molar-refractivity contribution in [1.29, 1.82) is 0 Å². The van der Waals surface area contributed by atoms with E-state index in [1.165, 1.54) is 12.8 Å². The molecule has 1 aliphatic rings. The van der Waals surface area contributed by atoms with Crippen molar-refractivity contribution in [2.75, 3.05) is 20.1 Å². The number of nitrogens with one attached hydrogen (secondary N) is 1. The van der Waals surface area contributed by atoms with E-state index < -0.39 is 0 Å². The summed E-state index contributed by atoms with van der Waals surface area (Å²) in [5, 5.41) is 3.40. The first-order chi connectivity index (χ1) is 8.22. The van der Waals surface area contributed by atoms with Crippen molar-refractivity contribution in [3.05, 3.63) is 34.6 Å². The van der Waals surface area contributed by atoms with Gasteiger partial charge in [0.05, 0.1) is 5.02 Å². The van der Waals surface area contributed by atoms with Gasteiger partial charge in [0, 0.05) is 24.7 Å². The fourth-order valence-corrected chi connectivity index (χ4v) is 2.65. The molecule has 1 saturated heterocycles. The van der Waals surface area contributed by atoms with Crippen LogP contribution in [0.5, 0.6) is 0 Å². The van der Waals surface area contributed by atoms with Gasteiger partial charge in [-0.2, -0.15) is 0 Å². The summed E-state index contributed by atoms with van der Waals surface area (Å²) >= 11 is 5.79. The zero-order valence-corrected chi connectivity index (χ0v) is 12.0. The Morgan fingerprint density at radius 1 is 1.50 bits per heavy atom. The maximum absolute atomic E-state index is 13.8. The lowest BCUT2D eigenvalue weighted by Crippen LogP contribution is -2.36. The molecule has 1 atom stereocenters. The van der Waals surface area contributed by atoms with E-state index in [-0.39, 0.29) is 23.2 Å². The summed E-state index contributed by atoms with van der Waals surface area (Å²) in [6, 6.07) is 5.73. The first-order valence-corrected chi connectivity index (χ1v) is 6.41. The summed E-state index contributed by atoms with van der Waals surface area (Å²) in [5.74, 6) is -0.274. The third-order valence-corrected chi connectivity index (χ3v) is 3.64. The Morgan fingerprint density at radius 3 is 3.00 bits per heavy atom. The number of hydrogen-bond acceptors (Lipinski definition) is 2. The summed E-state index contributed by atoms with van der Waals surface area (Å²) in [6.45, 7) is 2.65. The predicted octanol–water partition coefficient (Wildman–Crippen LogP) is 3.08. The molecule has 1 heterocycles. The maximum atomic E-state index is 13.8. The average Bonchev–Trinajstić information content (AvgIpc) is 2.73. The predicted molar refractivity (Wildman–Crippen MR) is 76.0 cm³/mol. The molecule has 1 N–H and O–H groups in total. The van der Waals surface area contributed by atoms with E-state index in [1.807, 2.05) is 19.2 Å². The molecule has 2 rings (SSSR count). The van der Waals surface area contributed by atoms with Crippen LogP contribution in [0, 0.1) is 5.82 Å². The normalized spacial score (nSPS) is 19.8. The largest absolute Gasteiger partial charge is 0.318 e. The lowest BCUT2D eigenvalue weighted by molar-refractivity contribution is 0.239. The summed E-state index contributed by atoms with van der Waals surface area (Å²) in [5.41, 5.74) is 0.695. The second-order valence-electron chi connectivity index (χ2n) is 4.54. The van der Waals surface area contributed by atoms with Gasteiger partial charge in [-0.3, -0.25) is 4.90 Å². The van der Waals surface area contributed by atoms with Crippen molar-refractivity contribution in [1.82, 2.24) is 10.2 Å². The molecule has 5 heteroatoms. The monoisotopic (exact) mass is 292 g/mol. The molecule has 0 radical (unpaired) electrons. The van der Waals surface area contributed by atoms with Gasteiger partial charge in [0.25, 0.3) is 0 Å². The molecule has 1 aromatic rings. The summed E-state index contributed by atoms with van der Waals surface area (Å²) in [7, 11) is 1.95. The number of benzene rings is 1. The molecular formula is C13H19Cl2FN2. The highest BCUT2D eigenvalue weighted by Crippen LogP contribution is 2.23. The molecule has 18 heavy (non-hydrogen) atoms. The lowest BCUT2D eigenvalue weighted by Gasteiger charge is -2.24. The van der Waals surface area contributed by atoms with Gasteiger partial charge < -0.3 is 5.32 Å². The highest BCUT2D eigenvalue weighted by molar-refractivity contribution is 6.30. The third-order valence-electron chi connectivity index (χ3n) is 3.34. The molecule has 1 fully saturated rings. The summed E-state index contributed by atoms with van der Waals surface area (Å²) in [6.07, 6.45) is 2.37. The molecule has 1 aromatic carbocycles. The van der Waals surface area contributed by atoms with Crippen molar-refractivity contribution in [3.63, 3.8) is 0 Å². The van der Waals surface area contributed by atoms with E-state index in [9.17, 15) is 4.39 Å². The van der Waals surface area contributed by atoms with Crippen LogP contribution in [0.2, 0.25) is 5.02 Å². The van der Waals surface area contributed by atoms with Crippen LogP contribution < -0.4 is 5.32 Å². The van der Waals surface area contributed by atoms with Gasteiger partial charge in [0.1, 0.15) is 5.82 Å². The number of likely N-dealkylation sites (tertiary alicyclic amines) is 1. The first-order valence-electron chi connectivity index (χ1n) is 6.04. The van der Waals surface area contributed by atoms with Gasteiger partial charge in [-0.1, -0.05) is 23.7 Å². The topological polar surface area (TPSA) is 15.3 Å². The van der Waals surface area contributed by atoms with Crippen molar-refractivity contribution in [2.45, 2.75) is 25.4 Å². The second kappa shape index (κ2) is 7.29. The van der Waals surface area contributed by atoms with Crippen LogP contribution >= 0.6 is 24.0 Å². The molecule has 0 spiro atoms. The Morgan fingerprint density at radius 2 is 2.28 bits per heavy atom. The Labute approximate surface area is 119 Å². The van der Waals surface area contributed by atoms with Crippen molar-refractivity contribution in [3.8, 4) is 0 Å². The number of nitrogens with zero attached hydrogens (tertiary/aromatic N) is 1. The lowest BCUT2D eigenvalue weighted by atomic mass is 10.1. The van der Waals surface area contributed by atoms with E-state index in [1.54, 1.807) is 6.07 Å². The second-order valence-corrected chi connectivity index (χ2v) is 4.94. The quantitative estimate of drug-likeness (QED) is 0.917. The zero-order chi connectivity index (χ0) is 12.3. The number of hydrogen-bond donors (Lipinski definition) is 1. The fourth-order valence-electron chi connectivity index (χ4n) is 2.46. The summed E-state index contributed by atoms with van der Waals surface area (Å²) < 4.78 is 13.8. The van der Waals surface area contributed by atoms with Crippen LogP contribution in [0.4, 0.5) is 4.39 Å². The summed E-state index contributed by atoms with van der Waals surface area (Å²) in [4.78, 5) is 2.32. The average molecular weight is 293 g/mol. The number of likely N-dealkylation sites (N-methyl/N-ethyl adjacent to an activating group) is 1. The van der Waals surface area contributed by atoms with Gasteiger partial charge in [-0.15, -0.1) is 12.4 Å². The molecule has 1 unspecified atom stereocenters. The van der Waals surface area contributed by atoms with Crippen LogP contribution in [-0.2, 0) is 6.54 Å². The minimum absolute atomic E-state index is 0. The fraction of sp³-hybridized carbons (Fsp3) is 0.538. The van der Waals surface area contributed by atoms with Crippen molar-refractivity contribution >= 4 is 24.0 Å². The number of rotatable bonds is 4. The van der Waals surface area contributed by atoms with E-state index in [4.69, 9.17) is 11.6 Å². The van der Waals surface area contributed by atoms with Crippen LogP contribution in [0.15, 0.2) is 18.2 Å². The van der Waals surface area contributed by atoms with Crippen molar-refractivity contribution < 1.29 is 4.39 Å². The van der Waals surface area contributed by atoms with E-state index in [2.05, 4.69) is 10.2 Å². The Kier molecular flexibility index (Phi) is 6.36. The molecule has 0 aromatic heterocycles. The Balaban J connectivity index is 0.00000162. The smallest absolute Gasteiger partial charge is 0.146 e. The highest BCUT2D eigenvalue weighted by Gasteiger charge is 2.24. The van der Waals surface area contributed by atoms with Crippen LogP contribution in [0.1, 0.15) is 18.4 Å². The van der Waals surface area contributed by atoms with Crippen LogP contribution in [0.25, 0.3) is 0 Å². The third kappa shape index (κ3) is 3.58. The standard InChI is InChI=1S/C13H18ClFN2.ClH/c1-16-8-11-5-3-7-17(11)9-10-4-2-6-12(14)13(10)15;/h2,4,6,11,16H,3,5,7-9H2,1H3;1H. The van der Waals surface area contributed by atoms with Gasteiger partial charge >= 0.3 is 0 Å². The number of halogens is 3. The molecule has 0 saturated carbocycles. The van der Waals surface area contributed by atoms with Crippen LogP contribution in [-0.4, -0.2) is 31.1 Å².